The molecule has 25 heavy (non-hydrogen) atoms. The zero-order valence-corrected chi connectivity index (χ0v) is 14.6. The fourth-order valence-electron chi connectivity index (χ4n) is 2.01. The maximum Gasteiger partial charge on any atom is 0.263 e. The zero-order valence-electron chi connectivity index (χ0n) is 13.7. The molecule has 2 aromatic rings. The summed E-state index contributed by atoms with van der Waals surface area (Å²) in [4.78, 5) is 15.1. The highest BCUT2D eigenvalue weighted by atomic mass is 32.2. The zero-order chi connectivity index (χ0) is 18.4. The van der Waals surface area contributed by atoms with Crippen LogP contribution in [-0.2, 0) is 14.8 Å². The van der Waals surface area contributed by atoms with Crippen LogP contribution < -0.4 is 14.8 Å². The molecule has 9 heteroatoms. The van der Waals surface area contributed by atoms with Crippen LogP contribution in [0.5, 0.6) is 5.75 Å². The van der Waals surface area contributed by atoms with Crippen molar-refractivity contribution in [3.05, 3.63) is 42.1 Å². The van der Waals surface area contributed by atoms with E-state index in [2.05, 4.69) is 15.0 Å². The minimum absolute atomic E-state index is 0.0439. The van der Waals surface area contributed by atoms with Crippen molar-refractivity contribution in [2.45, 2.75) is 18.7 Å². The molecule has 0 aliphatic rings. The first-order chi connectivity index (χ1) is 11.8. The SMILES string of the molecule is CC(=O)Nc1cc(S(=O)(=O)Nc2ncccc2OCCF)ccc1C. The number of alkyl halides is 1. The predicted molar refractivity (Wildman–Crippen MR) is 92.0 cm³/mol. The monoisotopic (exact) mass is 367 g/mol. The molecule has 0 aliphatic carbocycles. The Morgan fingerprint density at radius 1 is 1.32 bits per heavy atom. The lowest BCUT2D eigenvalue weighted by Gasteiger charge is -2.13. The number of pyridine rings is 1. The first-order valence-corrected chi connectivity index (χ1v) is 8.86. The molecule has 0 spiro atoms. The lowest BCUT2D eigenvalue weighted by molar-refractivity contribution is -0.114. The number of aromatic nitrogens is 1. The number of anilines is 2. The summed E-state index contributed by atoms with van der Waals surface area (Å²) in [6.45, 7) is 2.16. The van der Waals surface area contributed by atoms with Crippen LogP contribution >= 0.6 is 0 Å². The van der Waals surface area contributed by atoms with Gasteiger partial charge in [0.05, 0.1) is 4.90 Å². The van der Waals surface area contributed by atoms with Gasteiger partial charge in [0.15, 0.2) is 11.6 Å². The van der Waals surface area contributed by atoms with E-state index in [1.54, 1.807) is 19.1 Å². The van der Waals surface area contributed by atoms with E-state index in [1.165, 1.54) is 31.3 Å². The number of nitrogens with zero attached hydrogens (tertiary/aromatic N) is 1. The number of hydrogen-bond donors (Lipinski definition) is 2. The Labute approximate surface area is 145 Å². The lowest BCUT2D eigenvalue weighted by atomic mass is 10.2. The van der Waals surface area contributed by atoms with Gasteiger partial charge in [0.25, 0.3) is 10.0 Å². The number of carbonyl (C=O) groups excluding carboxylic acids is 1. The molecule has 0 fully saturated rings. The lowest BCUT2D eigenvalue weighted by Crippen LogP contribution is -2.16. The van der Waals surface area contributed by atoms with Gasteiger partial charge in [-0.25, -0.2) is 17.8 Å². The Hall–Kier alpha value is -2.68. The third-order valence-corrected chi connectivity index (χ3v) is 4.50. The molecule has 0 aliphatic heterocycles. The molecule has 0 atom stereocenters. The molecule has 0 radical (unpaired) electrons. The Morgan fingerprint density at radius 2 is 2.08 bits per heavy atom. The van der Waals surface area contributed by atoms with Crippen molar-refractivity contribution in [3.8, 4) is 5.75 Å². The number of sulfonamides is 1. The van der Waals surface area contributed by atoms with Gasteiger partial charge in [0.1, 0.15) is 13.3 Å². The van der Waals surface area contributed by atoms with Crippen molar-refractivity contribution in [3.63, 3.8) is 0 Å². The number of carbonyl (C=O) groups is 1. The second-order valence-corrected chi connectivity index (χ2v) is 6.83. The van der Waals surface area contributed by atoms with Crippen molar-refractivity contribution in [1.29, 1.82) is 0 Å². The molecule has 0 saturated heterocycles. The number of hydrogen-bond acceptors (Lipinski definition) is 5. The third kappa shape index (κ3) is 4.90. The van der Waals surface area contributed by atoms with Crippen LogP contribution in [0.1, 0.15) is 12.5 Å². The number of ether oxygens (including phenoxy) is 1. The molecule has 134 valence electrons. The van der Waals surface area contributed by atoms with Crippen LogP contribution in [-0.4, -0.2) is 32.6 Å². The summed E-state index contributed by atoms with van der Waals surface area (Å²) in [6.07, 6.45) is 1.39. The third-order valence-electron chi connectivity index (χ3n) is 3.17. The quantitative estimate of drug-likeness (QED) is 0.784. The van der Waals surface area contributed by atoms with Gasteiger partial charge in [0.2, 0.25) is 5.91 Å². The molecule has 2 rings (SSSR count). The van der Waals surface area contributed by atoms with E-state index in [0.717, 1.165) is 5.56 Å². The van der Waals surface area contributed by atoms with Crippen LogP contribution in [0.3, 0.4) is 0 Å². The van der Waals surface area contributed by atoms with Gasteiger partial charge in [-0.05, 0) is 36.8 Å². The fraction of sp³-hybridized carbons (Fsp3) is 0.250. The van der Waals surface area contributed by atoms with Crippen molar-refractivity contribution in [2.75, 3.05) is 23.3 Å². The number of aryl methyl sites for hydroxylation is 1. The molecule has 7 nitrogen and oxygen atoms in total. The van der Waals surface area contributed by atoms with E-state index in [1.807, 2.05) is 0 Å². The Balaban J connectivity index is 2.32. The van der Waals surface area contributed by atoms with Crippen molar-refractivity contribution in [2.24, 2.45) is 0 Å². The van der Waals surface area contributed by atoms with Crippen LogP contribution in [0.4, 0.5) is 15.9 Å². The summed E-state index contributed by atoms with van der Waals surface area (Å²) in [5.41, 5.74) is 1.12. The molecular formula is C16H18FN3O4S. The van der Waals surface area contributed by atoms with Gasteiger partial charge in [0, 0.05) is 18.8 Å². The van der Waals surface area contributed by atoms with Crippen molar-refractivity contribution in [1.82, 2.24) is 4.98 Å². The largest absolute Gasteiger partial charge is 0.487 e. The molecule has 0 saturated carbocycles. The van der Waals surface area contributed by atoms with Gasteiger partial charge in [-0.15, -0.1) is 0 Å². The summed E-state index contributed by atoms with van der Waals surface area (Å²) in [7, 11) is -3.97. The van der Waals surface area contributed by atoms with Crippen molar-refractivity contribution >= 4 is 27.4 Å². The summed E-state index contributed by atoms with van der Waals surface area (Å²) < 4.78 is 44.9. The molecule has 0 bridgehead atoms. The smallest absolute Gasteiger partial charge is 0.263 e. The average molecular weight is 367 g/mol. The van der Waals surface area contributed by atoms with Crippen LogP contribution in [0, 0.1) is 6.92 Å². The average Bonchev–Trinajstić information content (AvgIpc) is 2.55. The summed E-state index contributed by atoms with van der Waals surface area (Å²) in [5.74, 6) is -0.229. The molecule has 1 aromatic carbocycles. The molecule has 0 unspecified atom stereocenters. The van der Waals surface area contributed by atoms with E-state index in [9.17, 15) is 17.6 Å². The Kier molecular flexibility index (Phi) is 5.92. The Bertz CT molecular complexity index is 871. The van der Waals surface area contributed by atoms with E-state index < -0.39 is 16.7 Å². The Morgan fingerprint density at radius 3 is 2.76 bits per heavy atom. The van der Waals surface area contributed by atoms with E-state index in [0.29, 0.717) is 5.69 Å². The molecule has 2 N–H and O–H groups in total. The topological polar surface area (TPSA) is 97.4 Å². The van der Waals surface area contributed by atoms with Gasteiger partial charge >= 0.3 is 0 Å². The van der Waals surface area contributed by atoms with E-state index >= 15 is 0 Å². The number of amides is 1. The van der Waals surface area contributed by atoms with Crippen molar-refractivity contribution < 1.29 is 22.3 Å². The normalized spacial score (nSPS) is 11.0. The molecule has 1 heterocycles. The van der Waals surface area contributed by atoms with Crippen LogP contribution in [0.15, 0.2) is 41.4 Å². The summed E-state index contributed by atoms with van der Waals surface area (Å²) in [5, 5.41) is 2.58. The first kappa shape index (κ1) is 18.7. The maximum absolute atomic E-state index is 12.6. The summed E-state index contributed by atoms with van der Waals surface area (Å²) in [6, 6.07) is 7.38. The predicted octanol–water partition coefficient (Wildman–Crippen LogP) is 2.50. The van der Waals surface area contributed by atoms with Crippen LogP contribution in [0.2, 0.25) is 0 Å². The van der Waals surface area contributed by atoms with Gasteiger partial charge in [-0.3, -0.25) is 9.52 Å². The standard InChI is InChI=1S/C16H18FN3O4S/c1-11-5-6-13(10-14(11)19-12(2)21)25(22,23)20-16-15(24-9-7-17)4-3-8-18-16/h3-6,8,10H,7,9H2,1-2H3,(H,18,20)(H,19,21). The number of nitrogens with one attached hydrogen (secondary N) is 2. The highest BCUT2D eigenvalue weighted by molar-refractivity contribution is 7.92. The van der Waals surface area contributed by atoms with Crippen LogP contribution in [0.25, 0.3) is 0 Å². The molecule has 1 aromatic heterocycles. The van der Waals surface area contributed by atoms with E-state index in [4.69, 9.17) is 4.74 Å². The minimum atomic E-state index is -3.97. The van der Waals surface area contributed by atoms with Gasteiger partial charge < -0.3 is 10.1 Å². The number of rotatable bonds is 7. The second kappa shape index (κ2) is 7.93. The first-order valence-electron chi connectivity index (χ1n) is 7.38. The van der Waals surface area contributed by atoms with E-state index in [-0.39, 0.29) is 29.0 Å². The highest BCUT2D eigenvalue weighted by Crippen LogP contribution is 2.26. The molecular weight excluding hydrogens is 349 g/mol. The number of halogens is 1. The summed E-state index contributed by atoms with van der Waals surface area (Å²) >= 11 is 0. The maximum atomic E-state index is 12.6. The highest BCUT2D eigenvalue weighted by Gasteiger charge is 2.19. The minimum Gasteiger partial charge on any atom is -0.487 e. The van der Waals surface area contributed by atoms with Gasteiger partial charge in [-0.1, -0.05) is 6.07 Å². The fourth-order valence-corrected chi connectivity index (χ4v) is 3.06. The van der Waals surface area contributed by atoms with Gasteiger partial charge in [-0.2, -0.15) is 0 Å². The number of benzene rings is 1. The molecule has 1 amide bonds. The second-order valence-electron chi connectivity index (χ2n) is 5.15.